The second-order valence-electron chi connectivity index (χ2n) is 15.3. The smallest absolute Gasteiger partial charge is 0.425 e. The highest BCUT2D eigenvalue weighted by Gasteiger charge is 2.48. The number of carboxylic acid groups (broad SMARTS) is 1. The van der Waals surface area contributed by atoms with Gasteiger partial charge >= 0.3 is 22.5 Å². The first-order chi connectivity index (χ1) is 29.4. The van der Waals surface area contributed by atoms with E-state index < -0.39 is 103 Å². The molecule has 21 nitrogen and oxygen atoms in total. The number of hydrogen-bond donors (Lipinski definition) is 4. The number of nitrogens with zero attached hydrogens (tertiary/aromatic N) is 2. The van der Waals surface area contributed by atoms with Crippen LogP contribution in [0.4, 0.5) is 11.4 Å². The van der Waals surface area contributed by atoms with Crippen LogP contribution in [0.2, 0.25) is 0 Å². The van der Waals surface area contributed by atoms with Gasteiger partial charge in [0.2, 0.25) is 5.69 Å². The Bertz CT molecular complexity index is 2810. The molecule has 65 heavy (non-hydrogen) atoms. The summed E-state index contributed by atoms with van der Waals surface area (Å²) in [5, 5.41) is 9.97. The zero-order chi connectivity index (χ0) is 48.5. The van der Waals surface area contributed by atoms with Crippen LogP contribution >= 0.6 is 0 Å². The standard InChI is InChI=1S/C38H48N2O16S4.CH4.O3S/c1-37(2)32(40(19-11-23-59(50,51)52)31-26-27(35(41)42)25-28(34(31)37)36(43)56-20-12-24-60(53,54)55)15-5-4-6-16-33-38(3,17-9-21-57(44,45)46)29-13-7-8-14-30(29)39(33)18-10-22-58(47,48)49;;1-4(2)3/h4-8,13-16,25-26H,9-12,17-24H2,1-3H3,(H4-,41,42,44,45,46,47,48,49,50,51,52,53,54,55);1H4;. The van der Waals surface area contributed by atoms with Crippen molar-refractivity contribution < 1.29 is 88.5 Å². The van der Waals surface area contributed by atoms with E-state index in [9.17, 15) is 62.0 Å². The van der Waals surface area contributed by atoms with Crippen LogP contribution < -0.4 is 4.90 Å². The first-order valence-electron chi connectivity index (χ1n) is 19.1. The van der Waals surface area contributed by atoms with Gasteiger partial charge in [-0.2, -0.15) is 29.8 Å². The largest absolute Gasteiger partial charge is 0.748 e. The molecule has 0 saturated heterocycles. The van der Waals surface area contributed by atoms with E-state index in [2.05, 4.69) is 0 Å². The molecule has 362 valence electrons. The fourth-order valence-electron chi connectivity index (χ4n) is 7.69. The van der Waals surface area contributed by atoms with E-state index in [4.69, 9.17) is 21.9 Å². The molecular formula is C39H52N2O19S5. The molecule has 0 amide bonds. The SMILES string of the molecule is C.CC1(C)C(C=CC=CC=C2N(CCCS(=O)(=O)[O-])c3ccccc3C2(C)CCCS(=O)(=O)O)=[N+](CCCS(=O)(=O)O)c2cc(C(=O)O)cc(C(=O)OCCCS(=O)(=O)O)c21.O=S(=O)=O. The van der Waals surface area contributed by atoms with Crippen LogP contribution in [-0.4, -0.2) is 135 Å². The number of fused-ring (bicyclic) bond motifs is 2. The number of carbonyl (C=O) groups excluding carboxylic acids is 1. The van der Waals surface area contributed by atoms with Gasteiger partial charge in [-0.15, -0.1) is 12.6 Å². The molecule has 26 heteroatoms. The fourth-order valence-corrected chi connectivity index (χ4v) is 9.66. The van der Waals surface area contributed by atoms with Crippen molar-refractivity contribution in [2.75, 3.05) is 47.6 Å². The molecule has 1 unspecified atom stereocenters. The lowest BCUT2D eigenvalue weighted by molar-refractivity contribution is -0.437. The van der Waals surface area contributed by atoms with Crippen molar-refractivity contribution in [3.63, 3.8) is 0 Å². The quantitative estimate of drug-likeness (QED) is 0.0457. The van der Waals surface area contributed by atoms with Crippen LogP contribution in [0.15, 0.2) is 72.5 Å². The lowest BCUT2D eigenvalue weighted by Crippen LogP contribution is -2.30. The Morgan fingerprint density at radius 1 is 0.815 bits per heavy atom. The molecule has 2 heterocycles. The summed E-state index contributed by atoms with van der Waals surface area (Å²) in [6, 6.07) is 9.70. The number of benzene rings is 2. The van der Waals surface area contributed by atoms with Gasteiger partial charge in [-0.3, -0.25) is 13.7 Å². The van der Waals surface area contributed by atoms with Crippen LogP contribution in [0, 0.1) is 0 Å². The van der Waals surface area contributed by atoms with Crippen LogP contribution in [0.3, 0.4) is 0 Å². The number of aromatic carboxylic acids is 1. The minimum atomic E-state index is -4.52. The fraction of sp³-hybridized carbons (Fsp3) is 0.462. The van der Waals surface area contributed by atoms with Crippen molar-refractivity contribution in [3.05, 3.63) is 94.7 Å². The van der Waals surface area contributed by atoms with Gasteiger partial charge in [-0.25, -0.2) is 18.0 Å². The van der Waals surface area contributed by atoms with Crippen molar-refractivity contribution in [1.29, 1.82) is 0 Å². The number of carbonyl (C=O) groups is 2. The van der Waals surface area contributed by atoms with Crippen molar-refractivity contribution in [2.45, 2.75) is 71.1 Å². The average molecular weight is 1010 g/mol. The predicted octanol–water partition coefficient (Wildman–Crippen LogP) is 3.48. The van der Waals surface area contributed by atoms with E-state index in [0.29, 0.717) is 17.0 Å². The number of anilines is 1. The summed E-state index contributed by atoms with van der Waals surface area (Å²) in [7, 11) is -20.6. The predicted molar refractivity (Wildman–Crippen MR) is 237 cm³/mol. The summed E-state index contributed by atoms with van der Waals surface area (Å²) >= 11 is 0. The topological polar surface area (TPSA) is 341 Å². The van der Waals surface area contributed by atoms with Crippen molar-refractivity contribution in [1.82, 2.24) is 0 Å². The van der Waals surface area contributed by atoms with Crippen LogP contribution in [0.5, 0.6) is 0 Å². The highest BCUT2D eigenvalue weighted by molar-refractivity contribution is 7.86. The molecule has 2 aliphatic heterocycles. The van der Waals surface area contributed by atoms with Crippen molar-refractivity contribution in [2.24, 2.45) is 0 Å². The molecule has 4 N–H and O–H groups in total. The molecule has 1 atom stereocenters. The Kier molecular flexibility index (Phi) is 19.7. The Labute approximate surface area is 380 Å². The maximum Gasteiger partial charge on any atom is 0.425 e. The van der Waals surface area contributed by atoms with Gasteiger partial charge in [0.05, 0.1) is 56.1 Å². The van der Waals surface area contributed by atoms with Gasteiger partial charge in [0.1, 0.15) is 6.54 Å². The Hall–Kier alpha value is -4.67. The molecule has 2 aromatic rings. The number of ether oxygens (including phenoxy) is 1. The zero-order valence-corrected chi connectivity index (χ0v) is 38.8. The summed E-state index contributed by atoms with van der Waals surface area (Å²) in [6.07, 6.45) is 8.35. The highest BCUT2D eigenvalue weighted by atomic mass is 32.2. The monoisotopic (exact) mass is 1010 g/mol. The Morgan fingerprint density at radius 3 is 1.95 bits per heavy atom. The second kappa shape index (κ2) is 22.7. The minimum absolute atomic E-state index is 0. The molecular weight excluding hydrogens is 961 g/mol. The summed E-state index contributed by atoms with van der Waals surface area (Å²) in [4.78, 5) is 27.6. The molecule has 2 aliphatic rings. The van der Waals surface area contributed by atoms with E-state index in [1.54, 1.807) is 60.9 Å². The molecule has 0 saturated carbocycles. The maximum absolute atomic E-state index is 13.5. The summed E-state index contributed by atoms with van der Waals surface area (Å²) < 4.78 is 163. The number of carboxylic acids is 1. The number of rotatable bonds is 21. The Morgan fingerprint density at radius 2 is 1.38 bits per heavy atom. The molecule has 0 aromatic heterocycles. The average Bonchev–Trinajstić information content (AvgIpc) is 3.50. The van der Waals surface area contributed by atoms with E-state index in [-0.39, 0.29) is 69.4 Å². The Balaban J connectivity index is 0.00000278. The van der Waals surface area contributed by atoms with E-state index in [1.807, 2.05) is 24.0 Å². The number of para-hydroxylation sites is 1. The van der Waals surface area contributed by atoms with Crippen molar-refractivity contribution in [3.8, 4) is 0 Å². The number of esters is 1. The van der Waals surface area contributed by atoms with Gasteiger partial charge in [-0.05, 0) is 70.2 Å². The van der Waals surface area contributed by atoms with Gasteiger partial charge in [0.15, 0.2) is 5.71 Å². The van der Waals surface area contributed by atoms with Gasteiger partial charge < -0.3 is 19.3 Å². The van der Waals surface area contributed by atoms with Gasteiger partial charge in [0, 0.05) is 47.7 Å². The van der Waals surface area contributed by atoms with E-state index >= 15 is 0 Å². The normalized spacial score (nSPS) is 17.7. The van der Waals surface area contributed by atoms with Crippen LogP contribution in [0.25, 0.3) is 0 Å². The van der Waals surface area contributed by atoms with Crippen LogP contribution in [-0.2, 0) is 66.6 Å². The van der Waals surface area contributed by atoms with Gasteiger partial charge in [-0.1, -0.05) is 43.9 Å². The third kappa shape index (κ3) is 16.6. The first kappa shape index (κ1) is 56.5. The minimum Gasteiger partial charge on any atom is -0.748 e. The molecule has 0 bridgehead atoms. The highest BCUT2D eigenvalue weighted by Crippen LogP contribution is 2.50. The molecule has 0 fully saturated rings. The van der Waals surface area contributed by atoms with Crippen molar-refractivity contribution >= 4 is 80.1 Å². The third-order valence-electron chi connectivity index (χ3n) is 10.2. The molecule has 4 rings (SSSR count). The molecule has 0 aliphatic carbocycles. The maximum atomic E-state index is 13.5. The number of allylic oxidation sites excluding steroid dienone is 6. The van der Waals surface area contributed by atoms with E-state index in [0.717, 1.165) is 17.3 Å². The summed E-state index contributed by atoms with van der Waals surface area (Å²) in [5.41, 5.74) is 0.890. The van der Waals surface area contributed by atoms with Crippen LogP contribution in [0.1, 0.15) is 92.1 Å². The third-order valence-corrected chi connectivity index (χ3v) is 13.4. The van der Waals surface area contributed by atoms with Gasteiger partial charge in [0.25, 0.3) is 30.4 Å². The molecule has 0 radical (unpaired) electrons. The number of hydrogen-bond acceptors (Lipinski definition) is 16. The lowest BCUT2D eigenvalue weighted by Gasteiger charge is -2.30. The lowest BCUT2D eigenvalue weighted by atomic mass is 9.77. The molecule has 0 spiro atoms. The summed E-state index contributed by atoms with van der Waals surface area (Å²) in [6.45, 7) is 5.03. The summed E-state index contributed by atoms with van der Waals surface area (Å²) in [5.74, 6) is -4.79. The second-order valence-corrected chi connectivity index (χ2v) is 22.0. The first-order valence-corrected chi connectivity index (χ1v) is 26.5. The van der Waals surface area contributed by atoms with E-state index in [1.165, 1.54) is 6.07 Å². The molecule has 2 aromatic carbocycles. The zero-order valence-electron chi connectivity index (χ0n) is 34.7.